The third-order valence-electron chi connectivity index (χ3n) is 3.17. The number of carbonyl (C=O) groups excluding carboxylic acids is 1. The van der Waals surface area contributed by atoms with E-state index in [1.54, 1.807) is 10.6 Å². The fraction of sp³-hybridized carbons (Fsp3) is 0.125. The molecule has 2 heterocycles. The van der Waals surface area contributed by atoms with Crippen LogP contribution in [0.25, 0.3) is 5.65 Å². The Morgan fingerprint density at radius 2 is 2.15 bits per heavy atom. The summed E-state index contributed by atoms with van der Waals surface area (Å²) in [6.45, 7) is 2.08. The van der Waals surface area contributed by atoms with Crippen LogP contribution < -0.4 is 4.74 Å². The number of aryl methyl sites for hydroxylation is 1. The first-order chi connectivity index (χ1) is 9.81. The van der Waals surface area contributed by atoms with E-state index in [-0.39, 0.29) is 0 Å². The van der Waals surface area contributed by atoms with Gasteiger partial charge in [0.15, 0.2) is 12.0 Å². The van der Waals surface area contributed by atoms with Crippen molar-refractivity contribution in [3.05, 3.63) is 59.9 Å². The summed E-state index contributed by atoms with van der Waals surface area (Å²) >= 11 is 0. The molecule has 0 atom stereocenters. The Morgan fingerprint density at radius 1 is 1.25 bits per heavy atom. The van der Waals surface area contributed by atoms with Gasteiger partial charge in [0.05, 0.1) is 0 Å². The smallest absolute Gasteiger partial charge is 0.249 e. The number of fused-ring (bicyclic) bond motifs is 1. The SMILES string of the molecule is CCc1cccc(Oc2nc3ccccn3c2C=O)c1. The number of hydrogen-bond acceptors (Lipinski definition) is 3. The zero-order valence-corrected chi connectivity index (χ0v) is 11.1. The highest BCUT2D eigenvalue weighted by atomic mass is 16.5. The van der Waals surface area contributed by atoms with Crippen molar-refractivity contribution in [2.75, 3.05) is 0 Å². The van der Waals surface area contributed by atoms with Gasteiger partial charge < -0.3 is 4.74 Å². The van der Waals surface area contributed by atoms with Crippen LogP contribution in [0.3, 0.4) is 0 Å². The Labute approximate surface area is 116 Å². The van der Waals surface area contributed by atoms with E-state index >= 15 is 0 Å². The highest BCUT2D eigenvalue weighted by Crippen LogP contribution is 2.25. The van der Waals surface area contributed by atoms with Gasteiger partial charge in [0.2, 0.25) is 5.88 Å². The summed E-state index contributed by atoms with van der Waals surface area (Å²) in [6.07, 6.45) is 3.49. The molecular weight excluding hydrogens is 252 g/mol. The van der Waals surface area contributed by atoms with E-state index in [9.17, 15) is 4.79 Å². The standard InChI is InChI=1S/C16H14N2O2/c1-2-12-6-5-7-13(10-12)20-16-14(11-19)18-9-4-3-8-15(18)17-16/h3-11H,2H2,1H3. The van der Waals surface area contributed by atoms with Crippen LogP contribution in [0.15, 0.2) is 48.7 Å². The quantitative estimate of drug-likeness (QED) is 0.679. The molecule has 20 heavy (non-hydrogen) atoms. The lowest BCUT2D eigenvalue weighted by atomic mass is 10.2. The van der Waals surface area contributed by atoms with Crippen LogP contribution in [0.5, 0.6) is 11.6 Å². The number of imidazole rings is 1. The Hall–Kier alpha value is -2.62. The summed E-state index contributed by atoms with van der Waals surface area (Å²) in [5.41, 5.74) is 2.29. The number of nitrogens with zero attached hydrogens (tertiary/aromatic N) is 2. The predicted octanol–water partition coefficient (Wildman–Crippen LogP) is 3.50. The van der Waals surface area contributed by atoms with Gasteiger partial charge in [-0.05, 0) is 36.2 Å². The minimum absolute atomic E-state index is 0.333. The van der Waals surface area contributed by atoms with E-state index < -0.39 is 0 Å². The van der Waals surface area contributed by atoms with E-state index in [1.165, 1.54) is 5.56 Å². The molecule has 0 spiro atoms. The molecule has 100 valence electrons. The van der Waals surface area contributed by atoms with Gasteiger partial charge in [-0.3, -0.25) is 9.20 Å². The van der Waals surface area contributed by atoms with E-state index in [4.69, 9.17) is 4.74 Å². The average molecular weight is 266 g/mol. The molecule has 0 amide bonds. The first-order valence-electron chi connectivity index (χ1n) is 6.51. The molecule has 0 unspecified atom stereocenters. The van der Waals surface area contributed by atoms with Crippen molar-refractivity contribution < 1.29 is 9.53 Å². The summed E-state index contributed by atoms with van der Waals surface area (Å²) < 4.78 is 7.48. The van der Waals surface area contributed by atoms with E-state index in [0.29, 0.717) is 23.0 Å². The first-order valence-corrected chi connectivity index (χ1v) is 6.51. The minimum Gasteiger partial charge on any atom is -0.437 e. The Balaban J connectivity index is 2.03. The molecule has 1 aromatic carbocycles. The van der Waals surface area contributed by atoms with E-state index in [0.717, 1.165) is 12.7 Å². The Kier molecular flexibility index (Phi) is 3.21. The van der Waals surface area contributed by atoms with Crippen LogP contribution in [0.1, 0.15) is 23.0 Å². The van der Waals surface area contributed by atoms with Crippen molar-refractivity contribution >= 4 is 11.9 Å². The summed E-state index contributed by atoms with van der Waals surface area (Å²) in [5.74, 6) is 1.02. The largest absolute Gasteiger partial charge is 0.437 e. The maximum atomic E-state index is 11.3. The molecule has 0 aliphatic rings. The van der Waals surface area contributed by atoms with Crippen molar-refractivity contribution in [3.8, 4) is 11.6 Å². The fourth-order valence-corrected chi connectivity index (χ4v) is 2.12. The molecule has 3 rings (SSSR count). The monoisotopic (exact) mass is 266 g/mol. The lowest BCUT2D eigenvalue weighted by molar-refractivity contribution is 0.111. The lowest BCUT2D eigenvalue weighted by Crippen LogP contribution is -1.93. The second-order valence-electron chi connectivity index (χ2n) is 4.45. The second kappa shape index (κ2) is 5.17. The zero-order valence-electron chi connectivity index (χ0n) is 11.1. The van der Waals surface area contributed by atoms with Crippen molar-refractivity contribution in [1.29, 1.82) is 0 Å². The Morgan fingerprint density at radius 3 is 2.95 bits per heavy atom. The van der Waals surface area contributed by atoms with Crippen LogP contribution >= 0.6 is 0 Å². The number of benzene rings is 1. The van der Waals surface area contributed by atoms with Gasteiger partial charge >= 0.3 is 0 Å². The molecular formula is C16H14N2O2. The summed E-state index contributed by atoms with van der Waals surface area (Å²) in [5, 5.41) is 0. The van der Waals surface area contributed by atoms with E-state index in [2.05, 4.69) is 11.9 Å². The predicted molar refractivity (Wildman–Crippen MR) is 76.5 cm³/mol. The number of aldehydes is 1. The number of carbonyl (C=O) groups is 1. The lowest BCUT2D eigenvalue weighted by Gasteiger charge is -2.04. The maximum absolute atomic E-state index is 11.3. The van der Waals surface area contributed by atoms with Crippen molar-refractivity contribution in [3.63, 3.8) is 0 Å². The summed E-state index contributed by atoms with van der Waals surface area (Å²) in [6, 6.07) is 13.3. The maximum Gasteiger partial charge on any atom is 0.249 e. The van der Waals surface area contributed by atoms with Crippen LogP contribution in [0.4, 0.5) is 0 Å². The van der Waals surface area contributed by atoms with E-state index in [1.807, 2.05) is 42.5 Å². The van der Waals surface area contributed by atoms with Gasteiger partial charge in [-0.2, -0.15) is 4.98 Å². The van der Waals surface area contributed by atoms with Crippen LogP contribution in [0, 0.1) is 0 Å². The third kappa shape index (κ3) is 2.16. The van der Waals surface area contributed by atoms with Gasteiger partial charge in [0, 0.05) is 6.20 Å². The fourth-order valence-electron chi connectivity index (χ4n) is 2.12. The van der Waals surface area contributed by atoms with Crippen LogP contribution in [-0.4, -0.2) is 15.7 Å². The van der Waals surface area contributed by atoms with Gasteiger partial charge in [0.25, 0.3) is 0 Å². The molecule has 0 bridgehead atoms. The number of ether oxygens (including phenoxy) is 1. The third-order valence-corrected chi connectivity index (χ3v) is 3.17. The van der Waals surface area contributed by atoms with Crippen LogP contribution in [-0.2, 0) is 6.42 Å². The van der Waals surface area contributed by atoms with Gasteiger partial charge in [-0.15, -0.1) is 0 Å². The highest BCUT2D eigenvalue weighted by Gasteiger charge is 2.13. The number of aromatic nitrogens is 2. The molecule has 0 aliphatic heterocycles. The summed E-state index contributed by atoms with van der Waals surface area (Å²) in [4.78, 5) is 15.6. The first kappa shape index (κ1) is 12.4. The normalized spacial score (nSPS) is 10.7. The molecule has 0 saturated heterocycles. The molecule has 0 N–H and O–H groups in total. The van der Waals surface area contributed by atoms with Gasteiger partial charge in [-0.25, -0.2) is 0 Å². The Bertz CT molecular complexity index is 762. The van der Waals surface area contributed by atoms with Crippen LogP contribution in [0.2, 0.25) is 0 Å². The number of rotatable bonds is 4. The number of hydrogen-bond donors (Lipinski definition) is 0. The number of pyridine rings is 1. The highest BCUT2D eigenvalue weighted by molar-refractivity contribution is 5.78. The van der Waals surface area contributed by atoms with Gasteiger partial charge in [0.1, 0.15) is 11.4 Å². The molecule has 0 saturated carbocycles. The minimum atomic E-state index is 0.333. The molecule has 4 heteroatoms. The summed E-state index contributed by atoms with van der Waals surface area (Å²) in [7, 11) is 0. The molecule has 0 aliphatic carbocycles. The second-order valence-corrected chi connectivity index (χ2v) is 4.45. The zero-order chi connectivity index (χ0) is 13.9. The molecule has 0 radical (unpaired) electrons. The average Bonchev–Trinajstić information content (AvgIpc) is 2.84. The topological polar surface area (TPSA) is 43.6 Å². The van der Waals surface area contributed by atoms with Crippen molar-refractivity contribution in [1.82, 2.24) is 9.38 Å². The molecule has 4 nitrogen and oxygen atoms in total. The van der Waals surface area contributed by atoms with Gasteiger partial charge in [-0.1, -0.05) is 25.1 Å². The molecule has 0 fully saturated rings. The molecule has 3 aromatic rings. The molecule has 2 aromatic heterocycles. The van der Waals surface area contributed by atoms with Crippen molar-refractivity contribution in [2.24, 2.45) is 0 Å². The van der Waals surface area contributed by atoms with Crippen molar-refractivity contribution in [2.45, 2.75) is 13.3 Å².